The molecule has 7 heteroatoms. The summed E-state index contributed by atoms with van der Waals surface area (Å²) in [6.07, 6.45) is -1.66. The van der Waals surface area contributed by atoms with E-state index in [1.165, 1.54) is 6.07 Å². The monoisotopic (exact) mass is 264 g/mol. The number of para-hydroxylation sites is 1. The molecule has 7 nitrogen and oxygen atoms in total. The molecule has 1 atom stereocenters. The number of hydrogen-bond acceptors (Lipinski definition) is 5. The van der Waals surface area contributed by atoms with Gasteiger partial charge in [0.05, 0.1) is 12.1 Å². The molecule has 1 aromatic carbocycles. The van der Waals surface area contributed by atoms with E-state index in [-0.39, 0.29) is 12.4 Å². The SMILES string of the molecule is N#Cc1ccccc1OCC(=O)NC[C@H](O)C(=O)O. The van der Waals surface area contributed by atoms with Crippen molar-refractivity contribution < 1.29 is 24.5 Å². The number of benzene rings is 1. The lowest BCUT2D eigenvalue weighted by atomic mass is 10.2. The van der Waals surface area contributed by atoms with Crippen molar-refractivity contribution in [1.82, 2.24) is 5.32 Å². The first kappa shape index (κ1) is 14.5. The van der Waals surface area contributed by atoms with Gasteiger partial charge in [0.1, 0.15) is 11.8 Å². The maximum Gasteiger partial charge on any atom is 0.334 e. The lowest BCUT2D eigenvalue weighted by Gasteiger charge is -2.09. The second-order valence-electron chi connectivity index (χ2n) is 3.55. The summed E-state index contributed by atoms with van der Waals surface area (Å²) in [6, 6.07) is 8.31. The van der Waals surface area contributed by atoms with Gasteiger partial charge in [-0.1, -0.05) is 12.1 Å². The van der Waals surface area contributed by atoms with Gasteiger partial charge >= 0.3 is 5.97 Å². The van der Waals surface area contributed by atoms with Gasteiger partial charge in [-0.15, -0.1) is 0 Å². The van der Waals surface area contributed by atoms with Crippen LogP contribution < -0.4 is 10.1 Å². The highest BCUT2D eigenvalue weighted by Crippen LogP contribution is 2.15. The molecule has 0 aliphatic rings. The number of aliphatic hydroxyl groups excluding tert-OH is 1. The predicted molar refractivity (Wildman–Crippen MR) is 63.3 cm³/mol. The third-order valence-electron chi connectivity index (χ3n) is 2.14. The summed E-state index contributed by atoms with van der Waals surface area (Å²) in [5.41, 5.74) is 0.292. The Bertz CT molecular complexity index is 509. The molecule has 3 N–H and O–H groups in total. The Labute approximate surface area is 109 Å². The Morgan fingerprint density at radius 3 is 2.74 bits per heavy atom. The van der Waals surface area contributed by atoms with E-state index in [1.54, 1.807) is 18.2 Å². The van der Waals surface area contributed by atoms with Crippen LogP contribution in [0.2, 0.25) is 0 Å². The van der Waals surface area contributed by atoms with E-state index >= 15 is 0 Å². The topological polar surface area (TPSA) is 120 Å². The van der Waals surface area contributed by atoms with Crippen molar-refractivity contribution in [2.24, 2.45) is 0 Å². The molecule has 1 aromatic rings. The van der Waals surface area contributed by atoms with Gasteiger partial charge in [0.15, 0.2) is 12.7 Å². The van der Waals surface area contributed by atoms with E-state index in [2.05, 4.69) is 5.32 Å². The van der Waals surface area contributed by atoms with E-state index in [0.717, 1.165) is 0 Å². The number of rotatable bonds is 6. The average Bonchev–Trinajstić information content (AvgIpc) is 2.42. The van der Waals surface area contributed by atoms with Gasteiger partial charge < -0.3 is 20.3 Å². The summed E-state index contributed by atoms with van der Waals surface area (Å²) < 4.78 is 5.12. The minimum absolute atomic E-state index is 0.263. The van der Waals surface area contributed by atoms with E-state index in [4.69, 9.17) is 20.2 Å². The van der Waals surface area contributed by atoms with E-state index in [1.807, 2.05) is 6.07 Å². The number of aliphatic hydroxyl groups is 1. The molecule has 0 radical (unpaired) electrons. The maximum atomic E-state index is 11.3. The minimum atomic E-state index is -1.66. The summed E-state index contributed by atoms with van der Waals surface area (Å²) in [5.74, 6) is -1.75. The van der Waals surface area contributed by atoms with Gasteiger partial charge in [-0.2, -0.15) is 5.26 Å². The molecule has 0 saturated heterocycles. The zero-order valence-electron chi connectivity index (χ0n) is 9.87. The Hall–Kier alpha value is -2.59. The zero-order valence-corrected chi connectivity index (χ0v) is 9.87. The molecule has 1 rings (SSSR count). The largest absolute Gasteiger partial charge is 0.482 e. The predicted octanol–water partition coefficient (Wildman–Crippen LogP) is -0.501. The van der Waals surface area contributed by atoms with Crippen LogP contribution in [0.25, 0.3) is 0 Å². The summed E-state index contributed by atoms with van der Waals surface area (Å²) >= 11 is 0. The van der Waals surface area contributed by atoms with Crippen molar-refractivity contribution in [2.45, 2.75) is 6.10 Å². The Morgan fingerprint density at radius 1 is 1.42 bits per heavy atom. The van der Waals surface area contributed by atoms with Crippen molar-refractivity contribution in [2.75, 3.05) is 13.2 Å². The number of carbonyl (C=O) groups is 2. The number of nitrogens with one attached hydrogen (secondary N) is 1. The van der Waals surface area contributed by atoms with Crippen LogP contribution in [0.15, 0.2) is 24.3 Å². The van der Waals surface area contributed by atoms with Gasteiger partial charge in [0.2, 0.25) is 0 Å². The molecule has 0 fully saturated rings. The molecule has 100 valence electrons. The number of aliphatic carboxylic acids is 1. The second-order valence-corrected chi connectivity index (χ2v) is 3.55. The normalized spacial score (nSPS) is 11.2. The zero-order chi connectivity index (χ0) is 14.3. The minimum Gasteiger partial charge on any atom is -0.482 e. The third-order valence-corrected chi connectivity index (χ3v) is 2.14. The average molecular weight is 264 g/mol. The highest BCUT2D eigenvalue weighted by Gasteiger charge is 2.14. The number of ether oxygens (including phenoxy) is 1. The standard InChI is InChI=1S/C12H12N2O5/c13-5-8-3-1-2-4-10(8)19-7-11(16)14-6-9(15)12(17)18/h1-4,9,15H,6-7H2,(H,14,16)(H,17,18)/t9-/m0/s1. The first-order valence-electron chi connectivity index (χ1n) is 5.34. The number of nitrogens with zero attached hydrogens (tertiary/aromatic N) is 1. The number of carbonyl (C=O) groups excluding carboxylic acids is 1. The molecule has 0 aliphatic carbocycles. The first-order chi connectivity index (χ1) is 9.04. The number of hydrogen-bond donors (Lipinski definition) is 3. The quantitative estimate of drug-likeness (QED) is 0.637. The molecule has 0 bridgehead atoms. The molecule has 0 heterocycles. The molecule has 0 unspecified atom stereocenters. The maximum absolute atomic E-state index is 11.3. The molecule has 0 saturated carbocycles. The number of carboxylic acids is 1. The number of carboxylic acid groups (broad SMARTS) is 1. The van der Waals surface area contributed by atoms with Crippen LogP contribution in [0.3, 0.4) is 0 Å². The van der Waals surface area contributed by atoms with Crippen LogP contribution in [-0.2, 0) is 9.59 Å². The second kappa shape index (κ2) is 6.98. The van der Waals surface area contributed by atoms with Gasteiger partial charge in [-0.3, -0.25) is 4.79 Å². The smallest absolute Gasteiger partial charge is 0.334 e. The molecular formula is C12H12N2O5. The Morgan fingerprint density at radius 2 is 2.11 bits per heavy atom. The van der Waals surface area contributed by atoms with Crippen molar-refractivity contribution in [3.63, 3.8) is 0 Å². The third kappa shape index (κ3) is 4.65. The van der Waals surface area contributed by atoms with Gasteiger partial charge in [-0.05, 0) is 12.1 Å². The lowest BCUT2D eigenvalue weighted by molar-refractivity contribution is -0.146. The van der Waals surface area contributed by atoms with E-state index in [9.17, 15) is 9.59 Å². The van der Waals surface area contributed by atoms with Crippen molar-refractivity contribution in [1.29, 1.82) is 5.26 Å². The van der Waals surface area contributed by atoms with Crippen LogP contribution in [0.4, 0.5) is 0 Å². The lowest BCUT2D eigenvalue weighted by Crippen LogP contribution is -2.38. The van der Waals surface area contributed by atoms with Crippen molar-refractivity contribution >= 4 is 11.9 Å². The highest BCUT2D eigenvalue weighted by molar-refractivity contribution is 5.79. The van der Waals surface area contributed by atoms with Crippen molar-refractivity contribution in [3.8, 4) is 11.8 Å². The van der Waals surface area contributed by atoms with Crippen LogP contribution >= 0.6 is 0 Å². The van der Waals surface area contributed by atoms with E-state index < -0.39 is 24.5 Å². The van der Waals surface area contributed by atoms with Crippen LogP contribution in [0.5, 0.6) is 5.75 Å². The summed E-state index contributed by atoms with van der Waals surface area (Å²) in [6.45, 7) is -0.775. The molecule has 0 aromatic heterocycles. The Kier molecular flexibility index (Phi) is 5.32. The van der Waals surface area contributed by atoms with Crippen LogP contribution in [0.1, 0.15) is 5.56 Å². The van der Waals surface area contributed by atoms with Gasteiger partial charge in [0, 0.05) is 0 Å². The fourth-order valence-corrected chi connectivity index (χ4v) is 1.18. The number of nitriles is 1. The van der Waals surface area contributed by atoms with Crippen LogP contribution in [0, 0.1) is 11.3 Å². The van der Waals surface area contributed by atoms with E-state index in [0.29, 0.717) is 5.56 Å². The Balaban J connectivity index is 2.42. The van der Waals surface area contributed by atoms with Crippen LogP contribution in [-0.4, -0.2) is 41.3 Å². The highest BCUT2D eigenvalue weighted by atomic mass is 16.5. The van der Waals surface area contributed by atoms with Gasteiger partial charge in [0.25, 0.3) is 5.91 Å². The summed E-state index contributed by atoms with van der Waals surface area (Å²) in [7, 11) is 0. The number of amides is 1. The van der Waals surface area contributed by atoms with Gasteiger partial charge in [-0.25, -0.2) is 4.79 Å². The molecule has 0 aliphatic heterocycles. The molecular weight excluding hydrogens is 252 g/mol. The fraction of sp³-hybridized carbons (Fsp3) is 0.250. The fourth-order valence-electron chi connectivity index (χ4n) is 1.18. The first-order valence-corrected chi connectivity index (χ1v) is 5.34. The summed E-state index contributed by atoms with van der Waals surface area (Å²) in [5, 5.41) is 28.3. The molecule has 1 amide bonds. The molecule has 19 heavy (non-hydrogen) atoms. The van der Waals surface area contributed by atoms with Crippen molar-refractivity contribution in [3.05, 3.63) is 29.8 Å². The summed E-state index contributed by atoms with van der Waals surface area (Å²) in [4.78, 5) is 21.6. The molecule has 0 spiro atoms.